The van der Waals surface area contributed by atoms with E-state index in [0.29, 0.717) is 41.6 Å². The molecule has 0 aromatic heterocycles. The van der Waals surface area contributed by atoms with Gasteiger partial charge >= 0.3 is 11.9 Å². The predicted molar refractivity (Wildman–Crippen MR) is 208 cm³/mol. The van der Waals surface area contributed by atoms with Crippen LogP contribution in [-0.4, -0.2) is 19.0 Å². The van der Waals surface area contributed by atoms with E-state index in [4.69, 9.17) is 28.4 Å². The van der Waals surface area contributed by atoms with Crippen LogP contribution in [0.4, 0.5) is 0 Å². The SMILES string of the molecule is COC(=O)/C(=C1/OC(=O)C(c2ccc(OCc3ccccc3)c(OCc3ccccc3)c2)=C1OCc1ccccc1)c1ccc(OCc2ccccc2)cc1. The van der Waals surface area contributed by atoms with E-state index >= 15 is 0 Å². The highest BCUT2D eigenvalue weighted by atomic mass is 16.6. The van der Waals surface area contributed by atoms with Gasteiger partial charge in [-0.2, -0.15) is 0 Å². The summed E-state index contributed by atoms with van der Waals surface area (Å²) in [6.45, 7) is 1.04. The van der Waals surface area contributed by atoms with Gasteiger partial charge in [0.1, 0.15) is 43.3 Å². The Balaban J connectivity index is 1.28. The van der Waals surface area contributed by atoms with Crippen LogP contribution in [0.25, 0.3) is 11.1 Å². The largest absolute Gasteiger partial charge is 0.489 e. The van der Waals surface area contributed by atoms with E-state index in [-0.39, 0.29) is 35.9 Å². The molecule has 0 saturated heterocycles. The summed E-state index contributed by atoms with van der Waals surface area (Å²) in [5, 5.41) is 0. The van der Waals surface area contributed by atoms with Gasteiger partial charge in [0.2, 0.25) is 0 Å². The third-order valence-electron chi connectivity index (χ3n) is 8.77. The molecular weight excluding hydrogens is 693 g/mol. The van der Waals surface area contributed by atoms with Crippen LogP contribution in [0.5, 0.6) is 17.2 Å². The molecular formula is C47H38O8. The van der Waals surface area contributed by atoms with Crippen molar-refractivity contribution in [3.63, 3.8) is 0 Å². The molecule has 6 aromatic rings. The zero-order chi connectivity index (χ0) is 37.8. The number of ether oxygens (including phenoxy) is 6. The highest BCUT2D eigenvalue weighted by Crippen LogP contribution is 2.42. The molecule has 0 radical (unpaired) electrons. The standard InChI is InChI=1S/C47H38O8/c1-50-46(48)42(37-22-25-39(26-23-37)51-29-33-14-6-2-7-15-33)45-44(54-32-36-20-12-5-13-21-36)43(47(49)55-45)38-24-27-40(52-30-34-16-8-3-9-17-34)41(28-38)53-31-35-18-10-4-11-19-35/h2-28H,29-32H2,1H3/b45-42+. The van der Waals surface area contributed by atoms with Crippen molar-refractivity contribution in [2.24, 2.45) is 0 Å². The first kappa shape index (κ1) is 36.3. The van der Waals surface area contributed by atoms with Gasteiger partial charge in [-0.05, 0) is 57.6 Å². The predicted octanol–water partition coefficient (Wildman–Crippen LogP) is 9.49. The van der Waals surface area contributed by atoms with Gasteiger partial charge in [0.25, 0.3) is 0 Å². The topological polar surface area (TPSA) is 89.5 Å². The first-order chi connectivity index (χ1) is 27.1. The molecule has 7 rings (SSSR count). The maximum absolute atomic E-state index is 14.0. The fourth-order valence-corrected chi connectivity index (χ4v) is 5.95. The fourth-order valence-electron chi connectivity index (χ4n) is 5.95. The summed E-state index contributed by atoms with van der Waals surface area (Å²) >= 11 is 0. The molecule has 1 aliphatic rings. The lowest BCUT2D eigenvalue weighted by molar-refractivity contribution is -0.134. The Labute approximate surface area is 319 Å². The minimum atomic E-state index is -0.709. The quantitative estimate of drug-likeness (QED) is 0.0763. The Morgan fingerprint density at radius 3 is 1.51 bits per heavy atom. The summed E-state index contributed by atoms with van der Waals surface area (Å²) in [4.78, 5) is 27.5. The molecule has 1 aliphatic heterocycles. The summed E-state index contributed by atoms with van der Waals surface area (Å²) in [6.07, 6.45) is 0. The number of hydrogen-bond acceptors (Lipinski definition) is 8. The number of carbonyl (C=O) groups is 2. The lowest BCUT2D eigenvalue weighted by Gasteiger charge is -2.15. The smallest absolute Gasteiger partial charge is 0.348 e. The number of rotatable bonds is 15. The van der Waals surface area contributed by atoms with E-state index in [2.05, 4.69) is 0 Å². The number of benzene rings is 6. The second-order valence-corrected chi connectivity index (χ2v) is 12.6. The third-order valence-corrected chi connectivity index (χ3v) is 8.77. The van der Waals surface area contributed by atoms with Gasteiger partial charge in [0.05, 0.1) is 7.11 Å². The van der Waals surface area contributed by atoms with E-state index in [1.54, 1.807) is 42.5 Å². The lowest BCUT2D eigenvalue weighted by Crippen LogP contribution is -2.10. The minimum Gasteiger partial charge on any atom is -0.489 e. The average molecular weight is 731 g/mol. The summed E-state index contributed by atoms with van der Waals surface area (Å²) in [6, 6.07) is 51.0. The molecule has 0 saturated carbocycles. The molecule has 8 heteroatoms. The molecule has 274 valence electrons. The molecule has 0 N–H and O–H groups in total. The van der Waals surface area contributed by atoms with Gasteiger partial charge in [-0.1, -0.05) is 140 Å². The summed E-state index contributed by atoms with van der Waals surface area (Å²) < 4.78 is 36.2. The van der Waals surface area contributed by atoms with Crippen molar-refractivity contribution in [2.75, 3.05) is 7.11 Å². The van der Waals surface area contributed by atoms with Crippen LogP contribution in [0.2, 0.25) is 0 Å². The van der Waals surface area contributed by atoms with Gasteiger partial charge < -0.3 is 28.4 Å². The number of esters is 2. The second kappa shape index (κ2) is 17.6. The van der Waals surface area contributed by atoms with Gasteiger partial charge in [0, 0.05) is 0 Å². The zero-order valence-corrected chi connectivity index (χ0v) is 30.2. The summed E-state index contributed by atoms with van der Waals surface area (Å²) in [7, 11) is 1.27. The molecule has 0 spiro atoms. The molecule has 8 nitrogen and oxygen atoms in total. The third kappa shape index (κ3) is 9.12. The molecule has 0 atom stereocenters. The van der Waals surface area contributed by atoms with Gasteiger partial charge in [-0.3, -0.25) is 0 Å². The maximum atomic E-state index is 14.0. The summed E-state index contributed by atoms with van der Waals surface area (Å²) in [5.41, 5.74) is 4.85. The highest BCUT2D eigenvalue weighted by Gasteiger charge is 2.38. The van der Waals surface area contributed by atoms with Crippen LogP contribution in [-0.2, 0) is 50.2 Å². The molecule has 1 heterocycles. The Morgan fingerprint density at radius 1 is 0.527 bits per heavy atom. The number of cyclic esters (lactones) is 1. The summed E-state index contributed by atoms with van der Waals surface area (Å²) in [5.74, 6) is 0.121. The van der Waals surface area contributed by atoms with Crippen LogP contribution in [0.1, 0.15) is 33.4 Å². The first-order valence-corrected chi connectivity index (χ1v) is 17.8. The molecule has 0 aliphatic carbocycles. The van der Waals surface area contributed by atoms with Gasteiger partial charge in [-0.15, -0.1) is 0 Å². The van der Waals surface area contributed by atoms with Crippen LogP contribution in [0, 0.1) is 0 Å². The fraction of sp³-hybridized carbons (Fsp3) is 0.106. The molecule has 55 heavy (non-hydrogen) atoms. The van der Waals surface area contributed by atoms with Crippen molar-refractivity contribution in [1.29, 1.82) is 0 Å². The lowest BCUT2D eigenvalue weighted by atomic mass is 10.0. The van der Waals surface area contributed by atoms with Crippen molar-refractivity contribution >= 4 is 23.1 Å². The molecule has 0 bridgehead atoms. The van der Waals surface area contributed by atoms with E-state index in [1.807, 2.05) is 121 Å². The number of carbonyl (C=O) groups excluding carboxylic acids is 2. The van der Waals surface area contributed by atoms with Crippen molar-refractivity contribution in [2.45, 2.75) is 26.4 Å². The molecule has 0 unspecified atom stereocenters. The van der Waals surface area contributed by atoms with Crippen molar-refractivity contribution in [3.8, 4) is 17.2 Å². The minimum absolute atomic E-state index is 0.0203. The molecule has 6 aromatic carbocycles. The Bertz CT molecular complexity index is 2280. The van der Waals surface area contributed by atoms with Crippen LogP contribution >= 0.6 is 0 Å². The maximum Gasteiger partial charge on any atom is 0.348 e. The van der Waals surface area contributed by atoms with E-state index in [1.165, 1.54) is 7.11 Å². The first-order valence-electron chi connectivity index (χ1n) is 17.8. The average Bonchev–Trinajstić information content (AvgIpc) is 3.57. The van der Waals surface area contributed by atoms with Gasteiger partial charge in [-0.25, -0.2) is 9.59 Å². The van der Waals surface area contributed by atoms with Crippen molar-refractivity contribution in [1.82, 2.24) is 0 Å². The Morgan fingerprint density at radius 2 is 1.00 bits per heavy atom. The number of methoxy groups -OCH3 is 1. The van der Waals surface area contributed by atoms with E-state index in [0.717, 1.165) is 22.3 Å². The zero-order valence-electron chi connectivity index (χ0n) is 30.2. The van der Waals surface area contributed by atoms with E-state index in [9.17, 15) is 9.59 Å². The normalized spacial score (nSPS) is 13.1. The van der Waals surface area contributed by atoms with Crippen LogP contribution in [0.15, 0.2) is 175 Å². The monoisotopic (exact) mass is 730 g/mol. The highest BCUT2D eigenvalue weighted by molar-refractivity contribution is 6.25. The Kier molecular flexibility index (Phi) is 11.6. The van der Waals surface area contributed by atoms with Crippen molar-refractivity contribution < 1.29 is 38.0 Å². The van der Waals surface area contributed by atoms with Crippen molar-refractivity contribution in [3.05, 3.63) is 209 Å². The molecule has 0 fully saturated rings. The van der Waals surface area contributed by atoms with E-state index < -0.39 is 11.9 Å². The van der Waals surface area contributed by atoms with Crippen LogP contribution in [0.3, 0.4) is 0 Å². The Hall–Kier alpha value is -7.06. The van der Waals surface area contributed by atoms with Crippen LogP contribution < -0.4 is 14.2 Å². The van der Waals surface area contributed by atoms with Gasteiger partial charge in [0.15, 0.2) is 23.0 Å². The second-order valence-electron chi connectivity index (χ2n) is 12.6. The molecule has 0 amide bonds. The number of hydrogen-bond donors (Lipinski definition) is 0.